The van der Waals surface area contributed by atoms with Crippen molar-refractivity contribution in [2.45, 2.75) is 50.6 Å². The van der Waals surface area contributed by atoms with Crippen molar-refractivity contribution in [1.82, 2.24) is 4.90 Å². The number of hydrogen-bond acceptors (Lipinski definition) is 6. The van der Waals surface area contributed by atoms with Gasteiger partial charge in [-0.05, 0) is 38.1 Å². The van der Waals surface area contributed by atoms with Crippen LogP contribution in [-0.2, 0) is 18.3 Å². The summed E-state index contributed by atoms with van der Waals surface area (Å²) < 4.78 is 22.6. The summed E-state index contributed by atoms with van der Waals surface area (Å²) in [5.41, 5.74) is 0. The molecular weight excluding hydrogens is 290 g/mol. The fraction of sp³-hybridized carbons (Fsp3) is 1.00. The third-order valence-electron chi connectivity index (χ3n) is 4.51. The third kappa shape index (κ3) is 4.48. The summed E-state index contributed by atoms with van der Waals surface area (Å²) in [7, 11) is 0.842. The van der Waals surface area contributed by atoms with Crippen molar-refractivity contribution >= 4 is 8.56 Å². The molecule has 21 heavy (non-hydrogen) atoms. The van der Waals surface area contributed by atoms with Crippen molar-refractivity contribution in [3.63, 3.8) is 0 Å². The van der Waals surface area contributed by atoms with Crippen molar-refractivity contribution in [3.8, 4) is 0 Å². The normalized spacial score (nSPS) is 26.9. The molecule has 0 spiro atoms. The molecule has 2 unspecified atom stereocenters. The standard InChI is InChI=1S/C14H29NO5Si/c1-17-21(12-16,18-2)11-5-8-15(13-6-3-9-19-13)14-7-4-10-20-14/h13-14,16H,3-12H2,1-2H3. The van der Waals surface area contributed by atoms with E-state index < -0.39 is 8.56 Å². The molecule has 0 radical (unpaired) electrons. The van der Waals surface area contributed by atoms with Crippen LogP contribution in [0.3, 0.4) is 0 Å². The minimum Gasteiger partial charge on any atom is -0.396 e. The highest BCUT2D eigenvalue weighted by atomic mass is 28.4. The van der Waals surface area contributed by atoms with E-state index in [2.05, 4.69) is 4.90 Å². The average Bonchev–Trinajstić information content (AvgIpc) is 3.22. The van der Waals surface area contributed by atoms with E-state index in [1.54, 1.807) is 14.2 Å². The smallest absolute Gasteiger partial charge is 0.364 e. The highest BCUT2D eigenvalue weighted by Crippen LogP contribution is 2.26. The Morgan fingerprint density at radius 1 is 1.10 bits per heavy atom. The van der Waals surface area contributed by atoms with Gasteiger partial charge < -0.3 is 23.4 Å². The first kappa shape index (κ1) is 17.3. The lowest BCUT2D eigenvalue weighted by Gasteiger charge is -2.33. The number of aliphatic hydroxyl groups excluding tert-OH is 1. The molecule has 2 aliphatic rings. The maximum Gasteiger partial charge on any atom is 0.364 e. The van der Waals surface area contributed by atoms with Crippen molar-refractivity contribution in [2.24, 2.45) is 0 Å². The second-order valence-corrected chi connectivity index (χ2v) is 9.21. The lowest BCUT2D eigenvalue weighted by Crippen LogP contribution is -2.47. The molecule has 0 aliphatic carbocycles. The molecular formula is C14H29NO5Si. The Kier molecular flexibility index (Phi) is 7.07. The van der Waals surface area contributed by atoms with Gasteiger partial charge in [-0.2, -0.15) is 0 Å². The number of hydrogen-bond donors (Lipinski definition) is 1. The van der Waals surface area contributed by atoms with Gasteiger partial charge in [-0.15, -0.1) is 0 Å². The van der Waals surface area contributed by atoms with Crippen LogP contribution in [0.4, 0.5) is 0 Å². The molecule has 2 rings (SSSR count). The van der Waals surface area contributed by atoms with Crippen LogP contribution in [-0.4, -0.2) is 71.2 Å². The fourth-order valence-electron chi connectivity index (χ4n) is 3.14. The third-order valence-corrected chi connectivity index (χ3v) is 7.60. The van der Waals surface area contributed by atoms with Gasteiger partial charge in [0.2, 0.25) is 0 Å². The van der Waals surface area contributed by atoms with Crippen LogP contribution < -0.4 is 0 Å². The van der Waals surface area contributed by atoms with Gasteiger partial charge in [0.05, 0.1) is 6.23 Å². The molecule has 0 amide bonds. The minimum atomic E-state index is -2.42. The average molecular weight is 319 g/mol. The van der Waals surface area contributed by atoms with E-state index in [9.17, 15) is 5.11 Å². The molecule has 2 saturated heterocycles. The molecule has 0 aromatic heterocycles. The molecule has 2 heterocycles. The lowest BCUT2D eigenvalue weighted by atomic mass is 10.2. The summed E-state index contributed by atoms with van der Waals surface area (Å²) >= 11 is 0. The molecule has 0 aromatic carbocycles. The van der Waals surface area contributed by atoms with Crippen molar-refractivity contribution in [1.29, 1.82) is 0 Å². The molecule has 2 atom stereocenters. The monoisotopic (exact) mass is 319 g/mol. The summed E-state index contributed by atoms with van der Waals surface area (Å²) in [5.74, 6) is 0. The van der Waals surface area contributed by atoms with Crippen molar-refractivity contribution in [3.05, 3.63) is 0 Å². The van der Waals surface area contributed by atoms with Gasteiger partial charge in [0, 0.05) is 34.0 Å². The number of rotatable bonds is 9. The van der Waals surface area contributed by atoms with Crippen LogP contribution in [0.15, 0.2) is 0 Å². The Morgan fingerprint density at radius 3 is 2.05 bits per heavy atom. The van der Waals surface area contributed by atoms with Crippen LogP contribution in [0.25, 0.3) is 0 Å². The number of aliphatic hydroxyl groups is 1. The lowest BCUT2D eigenvalue weighted by molar-refractivity contribution is -0.116. The molecule has 6 nitrogen and oxygen atoms in total. The molecule has 2 fully saturated rings. The second kappa shape index (κ2) is 8.57. The van der Waals surface area contributed by atoms with Crippen molar-refractivity contribution < 1.29 is 23.4 Å². The SMILES string of the molecule is CO[Si](CO)(CCCN(C1CCCO1)C1CCCO1)OC. The predicted molar refractivity (Wildman–Crippen MR) is 80.9 cm³/mol. The van der Waals surface area contributed by atoms with Gasteiger partial charge in [0.25, 0.3) is 0 Å². The van der Waals surface area contributed by atoms with Gasteiger partial charge in [-0.3, -0.25) is 4.90 Å². The van der Waals surface area contributed by atoms with Gasteiger partial charge in [-0.1, -0.05) is 0 Å². The quantitative estimate of drug-likeness (QED) is 0.645. The zero-order valence-electron chi connectivity index (χ0n) is 13.3. The second-order valence-electron chi connectivity index (χ2n) is 5.75. The topological polar surface area (TPSA) is 60.4 Å². The predicted octanol–water partition coefficient (Wildman–Crippen LogP) is 1.22. The molecule has 1 N–H and O–H groups in total. The fourth-order valence-corrected chi connectivity index (χ4v) is 4.83. The molecule has 0 aromatic rings. The summed E-state index contributed by atoms with van der Waals surface area (Å²) in [5, 5.41) is 9.51. The zero-order chi connectivity index (χ0) is 15.1. The van der Waals surface area contributed by atoms with E-state index in [-0.39, 0.29) is 18.7 Å². The Morgan fingerprint density at radius 2 is 1.67 bits per heavy atom. The van der Waals surface area contributed by atoms with Crippen LogP contribution in [0.1, 0.15) is 32.1 Å². The van der Waals surface area contributed by atoms with E-state index in [4.69, 9.17) is 18.3 Å². The maximum atomic E-state index is 9.51. The van der Waals surface area contributed by atoms with Gasteiger partial charge in [0.1, 0.15) is 12.5 Å². The van der Waals surface area contributed by atoms with Crippen LogP contribution in [0, 0.1) is 0 Å². The molecule has 2 aliphatic heterocycles. The Hall–Kier alpha value is -0.0231. The molecule has 124 valence electrons. The van der Waals surface area contributed by atoms with E-state index in [0.29, 0.717) is 0 Å². The van der Waals surface area contributed by atoms with Crippen molar-refractivity contribution in [2.75, 3.05) is 40.2 Å². The first-order valence-corrected chi connectivity index (χ1v) is 10.2. The van der Waals surface area contributed by atoms with E-state index >= 15 is 0 Å². The summed E-state index contributed by atoms with van der Waals surface area (Å²) in [6, 6.07) is 0.784. The summed E-state index contributed by atoms with van der Waals surface area (Å²) in [6.07, 6.45) is 5.70. The van der Waals surface area contributed by atoms with Crippen LogP contribution in [0.5, 0.6) is 0 Å². The first-order valence-electron chi connectivity index (χ1n) is 7.95. The largest absolute Gasteiger partial charge is 0.396 e. The van der Waals surface area contributed by atoms with Crippen LogP contribution in [0.2, 0.25) is 6.04 Å². The zero-order valence-corrected chi connectivity index (χ0v) is 14.3. The Labute approximate surface area is 128 Å². The van der Waals surface area contributed by atoms with E-state index in [1.165, 1.54) is 0 Å². The molecule has 7 heteroatoms. The highest BCUT2D eigenvalue weighted by Gasteiger charge is 2.36. The first-order chi connectivity index (χ1) is 10.2. The van der Waals surface area contributed by atoms with E-state index in [1.807, 2.05) is 0 Å². The Bertz CT molecular complexity index is 267. The Balaban J connectivity index is 1.86. The maximum absolute atomic E-state index is 9.51. The van der Waals surface area contributed by atoms with Gasteiger partial charge >= 0.3 is 8.56 Å². The minimum absolute atomic E-state index is 0.000142. The van der Waals surface area contributed by atoms with Gasteiger partial charge in [-0.25, -0.2) is 0 Å². The highest BCUT2D eigenvalue weighted by molar-refractivity contribution is 6.67. The molecule has 0 bridgehead atoms. The van der Waals surface area contributed by atoms with Crippen LogP contribution >= 0.6 is 0 Å². The number of ether oxygens (including phenoxy) is 2. The number of nitrogens with zero attached hydrogens (tertiary/aromatic N) is 1. The molecule has 0 saturated carbocycles. The summed E-state index contributed by atoms with van der Waals surface area (Å²) in [6.45, 7) is 2.59. The van der Waals surface area contributed by atoms with E-state index in [0.717, 1.165) is 57.9 Å². The van der Waals surface area contributed by atoms with Gasteiger partial charge in [0.15, 0.2) is 0 Å². The summed E-state index contributed by atoms with van der Waals surface area (Å²) in [4.78, 5) is 2.35.